The van der Waals surface area contributed by atoms with Gasteiger partial charge in [-0.05, 0) is 27.2 Å². The first kappa shape index (κ1) is 15.5. The molecule has 0 spiro atoms. The van der Waals surface area contributed by atoms with Crippen molar-refractivity contribution in [2.75, 3.05) is 32.7 Å². The van der Waals surface area contributed by atoms with Gasteiger partial charge in [0.1, 0.15) is 5.60 Å². The lowest BCUT2D eigenvalue weighted by molar-refractivity contribution is 0.0258. The van der Waals surface area contributed by atoms with Crippen LogP contribution >= 0.6 is 15.9 Å². The summed E-state index contributed by atoms with van der Waals surface area (Å²) in [5.74, 6) is 0. The lowest BCUT2D eigenvalue weighted by Crippen LogP contribution is -2.39. The molecular formula is C13H23BrN2O2. The molecule has 5 heteroatoms. The molecule has 4 nitrogen and oxygen atoms in total. The van der Waals surface area contributed by atoms with Crippen LogP contribution in [0.5, 0.6) is 0 Å². The average molecular weight is 319 g/mol. The molecule has 0 atom stereocenters. The number of carbonyl (C=O) groups is 1. The molecule has 1 rings (SSSR count). The van der Waals surface area contributed by atoms with E-state index in [0.29, 0.717) is 0 Å². The Morgan fingerprint density at radius 1 is 1.28 bits per heavy atom. The number of halogens is 1. The molecule has 0 radical (unpaired) electrons. The zero-order chi connectivity index (χ0) is 13.8. The Hall–Kier alpha value is -0.550. The lowest BCUT2D eigenvalue weighted by Gasteiger charge is -2.26. The van der Waals surface area contributed by atoms with Gasteiger partial charge in [-0.3, -0.25) is 4.90 Å². The normalized spacial score (nSPS) is 18.3. The third-order valence-corrected chi connectivity index (χ3v) is 2.89. The molecular weight excluding hydrogens is 296 g/mol. The first-order chi connectivity index (χ1) is 8.28. The monoisotopic (exact) mass is 318 g/mol. The summed E-state index contributed by atoms with van der Waals surface area (Å²) in [6, 6.07) is 0. The van der Waals surface area contributed by atoms with Crippen molar-refractivity contribution in [3.05, 3.63) is 11.1 Å². The standard InChI is InChI=1S/C13H23BrN2O2/c1-11(14)10-15-6-5-7-16(9-8-15)12(17)18-13(2,3)4/h1,5-10H2,2-4H3. The van der Waals surface area contributed by atoms with Crippen molar-refractivity contribution in [2.24, 2.45) is 0 Å². The minimum absolute atomic E-state index is 0.206. The average Bonchev–Trinajstić information content (AvgIpc) is 2.39. The summed E-state index contributed by atoms with van der Waals surface area (Å²) < 4.78 is 6.37. The summed E-state index contributed by atoms with van der Waals surface area (Å²) in [5, 5.41) is 0. The van der Waals surface area contributed by atoms with Gasteiger partial charge in [0.15, 0.2) is 0 Å². The third kappa shape index (κ3) is 5.87. The maximum absolute atomic E-state index is 12.0. The molecule has 0 unspecified atom stereocenters. The van der Waals surface area contributed by atoms with Crippen LogP contribution < -0.4 is 0 Å². The zero-order valence-corrected chi connectivity index (χ0v) is 13.1. The number of hydrogen-bond donors (Lipinski definition) is 0. The van der Waals surface area contributed by atoms with Gasteiger partial charge in [0.2, 0.25) is 0 Å². The Balaban J connectivity index is 2.46. The number of hydrogen-bond acceptors (Lipinski definition) is 3. The fourth-order valence-corrected chi connectivity index (χ4v) is 2.24. The molecule has 0 N–H and O–H groups in total. The SMILES string of the molecule is C=C(Br)CN1CCCN(C(=O)OC(C)(C)C)CC1. The highest BCUT2D eigenvalue weighted by Gasteiger charge is 2.24. The summed E-state index contributed by atoms with van der Waals surface area (Å²) in [6.45, 7) is 13.7. The second-order valence-electron chi connectivity index (χ2n) is 5.61. The van der Waals surface area contributed by atoms with E-state index in [0.717, 1.165) is 43.6 Å². The van der Waals surface area contributed by atoms with Gasteiger partial charge in [-0.1, -0.05) is 22.5 Å². The van der Waals surface area contributed by atoms with Crippen LogP contribution in [0.4, 0.5) is 4.79 Å². The Bertz CT molecular complexity index is 313. The van der Waals surface area contributed by atoms with Crippen molar-refractivity contribution in [1.82, 2.24) is 9.80 Å². The van der Waals surface area contributed by atoms with E-state index in [9.17, 15) is 4.79 Å². The van der Waals surface area contributed by atoms with Crippen LogP contribution in [0.3, 0.4) is 0 Å². The van der Waals surface area contributed by atoms with E-state index in [2.05, 4.69) is 27.4 Å². The first-order valence-corrected chi connectivity index (χ1v) is 7.11. The zero-order valence-electron chi connectivity index (χ0n) is 11.5. The van der Waals surface area contributed by atoms with E-state index >= 15 is 0 Å². The number of amides is 1. The fraction of sp³-hybridized carbons (Fsp3) is 0.769. The van der Waals surface area contributed by atoms with Crippen LogP contribution in [0.2, 0.25) is 0 Å². The molecule has 0 aromatic heterocycles. The van der Waals surface area contributed by atoms with E-state index in [1.165, 1.54) is 0 Å². The van der Waals surface area contributed by atoms with Crippen molar-refractivity contribution >= 4 is 22.0 Å². The molecule has 1 aliphatic rings. The highest BCUT2D eigenvalue weighted by molar-refractivity contribution is 9.11. The predicted octanol–water partition coefficient (Wildman–Crippen LogP) is 2.84. The van der Waals surface area contributed by atoms with Crippen LogP contribution in [-0.2, 0) is 4.74 Å². The van der Waals surface area contributed by atoms with Crippen LogP contribution in [0, 0.1) is 0 Å². The number of carbonyl (C=O) groups excluding carboxylic acids is 1. The molecule has 0 saturated carbocycles. The summed E-state index contributed by atoms with van der Waals surface area (Å²) in [6.07, 6.45) is 0.765. The molecule has 1 amide bonds. The van der Waals surface area contributed by atoms with Gasteiger partial charge >= 0.3 is 6.09 Å². The molecule has 1 aliphatic heterocycles. The van der Waals surface area contributed by atoms with E-state index in [-0.39, 0.29) is 6.09 Å². The van der Waals surface area contributed by atoms with Crippen molar-refractivity contribution < 1.29 is 9.53 Å². The van der Waals surface area contributed by atoms with E-state index in [1.54, 1.807) is 4.90 Å². The largest absolute Gasteiger partial charge is 0.444 e. The van der Waals surface area contributed by atoms with Gasteiger partial charge in [-0.15, -0.1) is 0 Å². The summed E-state index contributed by atoms with van der Waals surface area (Å²) >= 11 is 3.38. The van der Waals surface area contributed by atoms with E-state index in [4.69, 9.17) is 4.74 Å². The topological polar surface area (TPSA) is 32.8 Å². The Kier molecular flexibility index (Phi) is 5.66. The minimum Gasteiger partial charge on any atom is -0.444 e. The molecule has 0 bridgehead atoms. The molecule has 0 aromatic carbocycles. The van der Waals surface area contributed by atoms with Crippen molar-refractivity contribution in [3.8, 4) is 0 Å². The summed E-state index contributed by atoms with van der Waals surface area (Å²) in [4.78, 5) is 16.0. The molecule has 0 aliphatic carbocycles. The van der Waals surface area contributed by atoms with Crippen LogP contribution in [0.1, 0.15) is 27.2 Å². The molecule has 1 fully saturated rings. The van der Waals surface area contributed by atoms with Crippen molar-refractivity contribution in [1.29, 1.82) is 0 Å². The van der Waals surface area contributed by atoms with E-state index in [1.807, 2.05) is 20.8 Å². The van der Waals surface area contributed by atoms with E-state index < -0.39 is 5.60 Å². The fourth-order valence-electron chi connectivity index (χ4n) is 1.88. The number of rotatable bonds is 2. The number of nitrogens with zero attached hydrogens (tertiary/aromatic N) is 2. The quantitative estimate of drug-likeness (QED) is 0.785. The Labute approximate surface area is 118 Å². The third-order valence-electron chi connectivity index (χ3n) is 2.64. The minimum atomic E-state index is -0.423. The lowest BCUT2D eigenvalue weighted by atomic mass is 10.2. The van der Waals surface area contributed by atoms with Gasteiger partial charge in [0, 0.05) is 37.2 Å². The number of ether oxygens (including phenoxy) is 1. The highest BCUT2D eigenvalue weighted by atomic mass is 79.9. The van der Waals surface area contributed by atoms with Gasteiger partial charge in [-0.25, -0.2) is 4.79 Å². The molecule has 0 aromatic rings. The highest BCUT2D eigenvalue weighted by Crippen LogP contribution is 2.13. The maximum atomic E-state index is 12.0. The molecule has 1 heterocycles. The van der Waals surface area contributed by atoms with Gasteiger partial charge in [0.25, 0.3) is 0 Å². The van der Waals surface area contributed by atoms with Crippen molar-refractivity contribution in [2.45, 2.75) is 32.8 Å². The molecule has 104 valence electrons. The van der Waals surface area contributed by atoms with Crippen LogP contribution in [-0.4, -0.2) is 54.2 Å². The second kappa shape index (κ2) is 6.57. The van der Waals surface area contributed by atoms with Crippen molar-refractivity contribution in [3.63, 3.8) is 0 Å². The second-order valence-corrected chi connectivity index (χ2v) is 6.74. The Morgan fingerprint density at radius 2 is 1.94 bits per heavy atom. The van der Waals surface area contributed by atoms with Gasteiger partial charge < -0.3 is 9.64 Å². The summed E-state index contributed by atoms with van der Waals surface area (Å²) in [5.41, 5.74) is -0.423. The first-order valence-electron chi connectivity index (χ1n) is 6.31. The molecule has 18 heavy (non-hydrogen) atoms. The van der Waals surface area contributed by atoms with Crippen LogP contribution in [0.25, 0.3) is 0 Å². The van der Waals surface area contributed by atoms with Gasteiger partial charge in [0.05, 0.1) is 0 Å². The smallest absolute Gasteiger partial charge is 0.410 e. The van der Waals surface area contributed by atoms with Crippen LogP contribution in [0.15, 0.2) is 11.1 Å². The molecule has 1 saturated heterocycles. The summed E-state index contributed by atoms with van der Waals surface area (Å²) in [7, 11) is 0. The van der Waals surface area contributed by atoms with Gasteiger partial charge in [-0.2, -0.15) is 0 Å². The predicted molar refractivity (Wildman–Crippen MR) is 76.9 cm³/mol. The Morgan fingerprint density at radius 3 is 2.50 bits per heavy atom. The maximum Gasteiger partial charge on any atom is 0.410 e.